The quantitative estimate of drug-likeness (QED) is 0.577. The van der Waals surface area contributed by atoms with Crippen molar-refractivity contribution in [3.63, 3.8) is 0 Å². The number of nitriles is 1. The van der Waals surface area contributed by atoms with Gasteiger partial charge in [0.2, 0.25) is 5.91 Å². The molecule has 0 fully saturated rings. The molecule has 4 rings (SSSR count). The fraction of sp³-hybridized carbons (Fsp3) is 0.182. The Kier molecular flexibility index (Phi) is 4.50. The maximum Gasteiger partial charge on any atom is 0.225 e. The van der Waals surface area contributed by atoms with Gasteiger partial charge in [0.1, 0.15) is 23.0 Å². The van der Waals surface area contributed by atoms with Gasteiger partial charge in [-0.25, -0.2) is 9.97 Å². The minimum Gasteiger partial charge on any atom is -0.311 e. The molecule has 0 aliphatic rings. The van der Waals surface area contributed by atoms with Crippen molar-refractivity contribution in [3.05, 3.63) is 65.7 Å². The molecule has 2 aromatic heterocycles. The summed E-state index contributed by atoms with van der Waals surface area (Å²) in [6.07, 6.45) is 0.314. The molecule has 0 spiro atoms. The molecule has 0 bridgehead atoms. The fourth-order valence-electron chi connectivity index (χ4n) is 3.37. The SMILES string of the molecule is CCC(=O)Nc1c(C#N)c2nc3ccccc3nc2n1C(C)c1ccccc1. The van der Waals surface area contributed by atoms with Crippen LogP contribution in [0.2, 0.25) is 0 Å². The van der Waals surface area contributed by atoms with Gasteiger partial charge in [-0.3, -0.25) is 4.79 Å². The van der Waals surface area contributed by atoms with Gasteiger partial charge in [0.05, 0.1) is 17.1 Å². The van der Waals surface area contributed by atoms with Gasteiger partial charge < -0.3 is 9.88 Å². The van der Waals surface area contributed by atoms with Gasteiger partial charge in [-0.2, -0.15) is 5.26 Å². The van der Waals surface area contributed by atoms with E-state index in [1.54, 1.807) is 6.92 Å². The first kappa shape index (κ1) is 17.7. The van der Waals surface area contributed by atoms with Crippen LogP contribution in [0.3, 0.4) is 0 Å². The van der Waals surface area contributed by atoms with Crippen molar-refractivity contribution in [1.82, 2.24) is 14.5 Å². The monoisotopic (exact) mass is 369 g/mol. The summed E-state index contributed by atoms with van der Waals surface area (Å²) in [4.78, 5) is 21.7. The van der Waals surface area contributed by atoms with Crippen molar-refractivity contribution in [3.8, 4) is 6.07 Å². The number of nitrogens with zero attached hydrogens (tertiary/aromatic N) is 4. The number of carbonyl (C=O) groups is 1. The van der Waals surface area contributed by atoms with Crippen LogP contribution in [-0.4, -0.2) is 20.4 Å². The van der Waals surface area contributed by atoms with Crippen molar-refractivity contribution < 1.29 is 4.79 Å². The Balaban J connectivity index is 2.06. The Morgan fingerprint density at radius 3 is 2.39 bits per heavy atom. The van der Waals surface area contributed by atoms with E-state index in [0.717, 1.165) is 11.1 Å². The van der Waals surface area contributed by atoms with E-state index in [9.17, 15) is 10.1 Å². The summed E-state index contributed by atoms with van der Waals surface area (Å²) in [6, 6.07) is 19.5. The molecule has 1 atom stereocenters. The van der Waals surface area contributed by atoms with E-state index in [1.165, 1.54) is 0 Å². The number of rotatable bonds is 4. The average Bonchev–Trinajstić information content (AvgIpc) is 3.03. The number of hydrogen-bond donors (Lipinski definition) is 1. The largest absolute Gasteiger partial charge is 0.311 e. The maximum absolute atomic E-state index is 12.2. The van der Waals surface area contributed by atoms with Gasteiger partial charge in [-0.15, -0.1) is 0 Å². The van der Waals surface area contributed by atoms with E-state index in [1.807, 2.05) is 66.1 Å². The molecule has 2 aromatic carbocycles. The van der Waals surface area contributed by atoms with Gasteiger partial charge in [0, 0.05) is 6.42 Å². The van der Waals surface area contributed by atoms with Crippen LogP contribution in [0.4, 0.5) is 5.82 Å². The minimum atomic E-state index is -0.162. The molecule has 6 nitrogen and oxygen atoms in total. The third kappa shape index (κ3) is 2.87. The highest BCUT2D eigenvalue weighted by Crippen LogP contribution is 2.34. The molecule has 0 aliphatic heterocycles. The second-order valence-electron chi connectivity index (χ2n) is 6.58. The average molecular weight is 369 g/mol. The van der Waals surface area contributed by atoms with Gasteiger partial charge in [0.25, 0.3) is 0 Å². The van der Waals surface area contributed by atoms with Crippen LogP contribution in [-0.2, 0) is 4.79 Å². The van der Waals surface area contributed by atoms with Crippen LogP contribution in [0.25, 0.3) is 22.2 Å². The second kappa shape index (κ2) is 7.12. The number of amides is 1. The third-order valence-corrected chi connectivity index (χ3v) is 4.85. The molecule has 1 amide bonds. The van der Waals surface area contributed by atoms with E-state index >= 15 is 0 Å². The standard InChI is InChI=1S/C22H19N5O/c1-3-19(28)26-21-16(13-23)20-22(25-18-12-8-7-11-17(18)24-20)27(21)14(2)15-9-5-4-6-10-15/h4-12,14H,3H2,1-2H3,(H,26,28). The Bertz CT molecular complexity index is 1220. The summed E-state index contributed by atoms with van der Waals surface area (Å²) in [5.41, 5.74) is 3.91. The number of anilines is 1. The van der Waals surface area contributed by atoms with Crippen LogP contribution >= 0.6 is 0 Å². The summed E-state index contributed by atoms with van der Waals surface area (Å²) in [5, 5.41) is 12.8. The number of nitrogens with one attached hydrogen (secondary N) is 1. The Hall–Kier alpha value is -3.72. The van der Waals surface area contributed by atoms with Crippen molar-refractivity contribution in [1.29, 1.82) is 5.26 Å². The highest BCUT2D eigenvalue weighted by Gasteiger charge is 2.25. The van der Waals surface area contributed by atoms with Crippen LogP contribution < -0.4 is 5.32 Å². The van der Waals surface area contributed by atoms with Gasteiger partial charge >= 0.3 is 0 Å². The molecular formula is C22H19N5O. The third-order valence-electron chi connectivity index (χ3n) is 4.85. The molecule has 0 radical (unpaired) electrons. The van der Waals surface area contributed by atoms with E-state index in [0.29, 0.717) is 34.5 Å². The van der Waals surface area contributed by atoms with E-state index in [-0.39, 0.29) is 11.9 Å². The molecule has 1 N–H and O–H groups in total. The number of fused-ring (bicyclic) bond motifs is 2. The van der Waals surface area contributed by atoms with E-state index < -0.39 is 0 Å². The summed E-state index contributed by atoms with van der Waals surface area (Å²) >= 11 is 0. The topological polar surface area (TPSA) is 83.6 Å². The Morgan fingerprint density at radius 2 is 1.75 bits per heavy atom. The molecule has 6 heteroatoms. The summed E-state index contributed by atoms with van der Waals surface area (Å²) < 4.78 is 1.90. The lowest BCUT2D eigenvalue weighted by atomic mass is 10.1. The van der Waals surface area contributed by atoms with E-state index in [4.69, 9.17) is 4.98 Å². The molecule has 4 aromatic rings. The molecular weight excluding hydrogens is 350 g/mol. The van der Waals surface area contributed by atoms with Crippen molar-refractivity contribution in [2.75, 3.05) is 5.32 Å². The number of benzene rings is 2. The van der Waals surface area contributed by atoms with Crippen molar-refractivity contribution >= 4 is 33.9 Å². The van der Waals surface area contributed by atoms with Gasteiger partial charge in [0.15, 0.2) is 5.65 Å². The molecule has 138 valence electrons. The predicted molar refractivity (Wildman–Crippen MR) is 109 cm³/mol. The summed E-state index contributed by atoms with van der Waals surface area (Å²) in [7, 11) is 0. The first-order chi connectivity index (χ1) is 13.6. The zero-order chi connectivity index (χ0) is 19.7. The lowest BCUT2D eigenvalue weighted by Crippen LogP contribution is -2.17. The lowest BCUT2D eigenvalue weighted by Gasteiger charge is -2.19. The molecule has 0 saturated carbocycles. The predicted octanol–water partition coefficient (Wildman–Crippen LogP) is 4.41. The van der Waals surface area contributed by atoms with Crippen LogP contribution in [0.1, 0.15) is 37.4 Å². The second-order valence-corrected chi connectivity index (χ2v) is 6.58. The first-order valence-electron chi connectivity index (χ1n) is 9.19. The number of para-hydroxylation sites is 2. The molecule has 0 saturated heterocycles. The van der Waals surface area contributed by atoms with Gasteiger partial charge in [-0.05, 0) is 24.6 Å². The number of carbonyl (C=O) groups excluding carboxylic acids is 1. The van der Waals surface area contributed by atoms with Crippen molar-refractivity contribution in [2.24, 2.45) is 0 Å². The molecule has 0 aliphatic carbocycles. The Morgan fingerprint density at radius 1 is 1.11 bits per heavy atom. The zero-order valence-electron chi connectivity index (χ0n) is 15.7. The summed E-state index contributed by atoms with van der Waals surface area (Å²) in [5.74, 6) is 0.279. The highest BCUT2D eigenvalue weighted by molar-refractivity contribution is 5.98. The van der Waals surface area contributed by atoms with Crippen LogP contribution in [0, 0.1) is 11.3 Å². The number of hydrogen-bond acceptors (Lipinski definition) is 4. The van der Waals surface area contributed by atoms with Crippen molar-refractivity contribution in [2.45, 2.75) is 26.3 Å². The number of aromatic nitrogens is 3. The highest BCUT2D eigenvalue weighted by atomic mass is 16.1. The molecule has 28 heavy (non-hydrogen) atoms. The minimum absolute atomic E-state index is 0.145. The van der Waals surface area contributed by atoms with Crippen LogP contribution in [0.15, 0.2) is 54.6 Å². The molecule has 2 heterocycles. The maximum atomic E-state index is 12.2. The lowest BCUT2D eigenvalue weighted by molar-refractivity contribution is -0.115. The fourth-order valence-corrected chi connectivity index (χ4v) is 3.37. The first-order valence-corrected chi connectivity index (χ1v) is 9.19. The van der Waals surface area contributed by atoms with Crippen LogP contribution in [0.5, 0.6) is 0 Å². The summed E-state index contributed by atoms with van der Waals surface area (Å²) in [6.45, 7) is 3.80. The smallest absolute Gasteiger partial charge is 0.225 e. The van der Waals surface area contributed by atoms with Gasteiger partial charge in [-0.1, -0.05) is 49.4 Å². The van der Waals surface area contributed by atoms with E-state index in [2.05, 4.69) is 16.4 Å². The molecule has 1 unspecified atom stereocenters. The Labute approximate surface area is 162 Å². The zero-order valence-corrected chi connectivity index (χ0v) is 15.7. The normalized spacial score (nSPS) is 12.0.